The van der Waals surface area contributed by atoms with Crippen LogP contribution in [-0.4, -0.2) is 50.1 Å². The molecule has 1 aliphatic heterocycles. The number of amides is 2. The molecule has 1 heterocycles. The summed E-state index contributed by atoms with van der Waals surface area (Å²) in [7, 11) is 1.64. The van der Waals surface area contributed by atoms with E-state index in [1.807, 2.05) is 0 Å². The van der Waals surface area contributed by atoms with Crippen LogP contribution in [0, 0.1) is 11.7 Å². The van der Waals surface area contributed by atoms with Gasteiger partial charge in [-0.15, -0.1) is 0 Å². The molecule has 1 fully saturated rings. The lowest BCUT2D eigenvalue weighted by atomic mass is 9.95. The highest BCUT2D eigenvalue weighted by molar-refractivity contribution is 5.81. The second-order valence-electron chi connectivity index (χ2n) is 6.10. The zero-order chi connectivity index (χ0) is 17.4. The molecule has 0 spiro atoms. The van der Waals surface area contributed by atoms with E-state index in [1.54, 1.807) is 24.1 Å². The minimum Gasteiger partial charge on any atom is -0.385 e. The molecule has 0 bridgehead atoms. The van der Waals surface area contributed by atoms with Gasteiger partial charge in [-0.05, 0) is 37.0 Å². The van der Waals surface area contributed by atoms with E-state index in [0.29, 0.717) is 44.6 Å². The highest BCUT2D eigenvalue weighted by Crippen LogP contribution is 2.18. The lowest BCUT2D eigenvalue weighted by molar-refractivity contribution is -0.135. The van der Waals surface area contributed by atoms with Crippen molar-refractivity contribution in [3.8, 4) is 0 Å². The van der Waals surface area contributed by atoms with E-state index in [-0.39, 0.29) is 30.0 Å². The summed E-state index contributed by atoms with van der Waals surface area (Å²) >= 11 is 0. The molecular weight excluding hydrogens is 311 g/mol. The first-order valence-corrected chi connectivity index (χ1v) is 8.39. The summed E-state index contributed by atoms with van der Waals surface area (Å²) in [6, 6.07) is 6.11. The molecule has 1 saturated heterocycles. The maximum atomic E-state index is 13.2. The first-order valence-electron chi connectivity index (χ1n) is 8.39. The molecule has 0 radical (unpaired) electrons. The minimum absolute atomic E-state index is 0.0143. The van der Waals surface area contributed by atoms with Crippen molar-refractivity contribution in [2.24, 2.45) is 5.92 Å². The van der Waals surface area contributed by atoms with E-state index in [4.69, 9.17) is 4.74 Å². The average Bonchev–Trinajstić information content (AvgIpc) is 2.58. The SMILES string of the molecule is COCCCNC(=O)C1CCN(C(=O)Cc2cccc(F)c2)CC1. The van der Waals surface area contributed by atoms with Crippen LogP contribution in [0.15, 0.2) is 24.3 Å². The standard InChI is InChI=1S/C18H25FN2O3/c1-24-11-3-8-20-18(23)15-6-9-21(10-7-15)17(22)13-14-4-2-5-16(19)12-14/h2,4-5,12,15H,3,6-11,13H2,1H3,(H,20,23). The number of halogens is 1. The zero-order valence-corrected chi connectivity index (χ0v) is 14.1. The van der Waals surface area contributed by atoms with Gasteiger partial charge in [-0.3, -0.25) is 9.59 Å². The summed E-state index contributed by atoms with van der Waals surface area (Å²) < 4.78 is 18.1. The van der Waals surface area contributed by atoms with Crippen molar-refractivity contribution in [3.05, 3.63) is 35.6 Å². The van der Waals surface area contributed by atoms with Crippen molar-refractivity contribution in [2.75, 3.05) is 33.4 Å². The average molecular weight is 336 g/mol. The Labute approximate surface area is 142 Å². The van der Waals surface area contributed by atoms with Crippen LogP contribution >= 0.6 is 0 Å². The molecule has 24 heavy (non-hydrogen) atoms. The number of carbonyl (C=O) groups is 2. The summed E-state index contributed by atoms with van der Waals surface area (Å²) in [5.41, 5.74) is 0.679. The normalized spacial score (nSPS) is 15.3. The molecule has 2 amide bonds. The van der Waals surface area contributed by atoms with Gasteiger partial charge in [0, 0.05) is 39.3 Å². The Kier molecular flexibility index (Phi) is 7.18. The zero-order valence-electron chi connectivity index (χ0n) is 14.1. The van der Waals surface area contributed by atoms with Gasteiger partial charge in [0.25, 0.3) is 0 Å². The number of benzene rings is 1. The van der Waals surface area contributed by atoms with E-state index in [0.717, 1.165) is 6.42 Å². The Morgan fingerprint density at radius 1 is 1.33 bits per heavy atom. The molecule has 5 nitrogen and oxygen atoms in total. The van der Waals surface area contributed by atoms with Gasteiger partial charge in [0.2, 0.25) is 11.8 Å². The van der Waals surface area contributed by atoms with Crippen molar-refractivity contribution < 1.29 is 18.7 Å². The first-order chi connectivity index (χ1) is 11.6. The van der Waals surface area contributed by atoms with Crippen molar-refractivity contribution in [2.45, 2.75) is 25.7 Å². The predicted octanol–water partition coefficient (Wildman–Crippen LogP) is 1.76. The Hall–Kier alpha value is -1.95. The third-order valence-corrected chi connectivity index (χ3v) is 4.29. The quantitative estimate of drug-likeness (QED) is 0.772. The van der Waals surface area contributed by atoms with E-state index >= 15 is 0 Å². The Bertz CT molecular complexity index is 557. The third kappa shape index (κ3) is 5.60. The largest absolute Gasteiger partial charge is 0.385 e. The molecule has 1 aliphatic rings. The maximum absolute atomic E-state index is 13.2. The highest BCUT2D eigenvalue weighted by Gasteiger charge is 2.27. The van der Waals surface area contributed by atoms with Crippen LogP contribution < -0.4 is 5.32 Å². The number of carbonyl (C=O) groups excluding carboxylic acids is 2. The molecule has 132 valence electrons. The van der Waals surface area contributed by atoms with Gasteiger partial charge in [0.15, 0.2) is 0 Å². The van der Waals surface area contributed by atoms with Gasteiger partial charge in [-0.25, -0.2) is 4.39 Å². The second kappa shape index (κ2) is 9.37. The van der Waals surface area contributed by atoms with Crippen LogP contribution in [0.3, 0.4) is 0 Å². The predicted molar refractivity (Wildman–Crippen MR) is 88.9 cm³/mol. The third-order valence-electron chi connectivity index (χ3n) is 4.29. The number of hydrogen-bond donors (Lipinski definition) is 1. The monoisotopic (exact) mass is 336 g/mol. The molecule has 6 heteroatoms. The topological polar surface area (TPSA) is 58.6 Å². The summed E-state index contributed by atoms with van der Waals surface area (Å²) in [6.45, 7) is 2.40. The number of nitrogens with zero attached hydrogens (tertiary/aromatic N) is 1. The van der Waals surface area contributed by atoms with Gasteiger partial charge in [-0.1, -0.05) is 12.1 Å². The number of methoxy groups -OCH3 is 1. The van der Waals surface area contributed by atoms with E-state index in [1.165, 1.54) is 12.1 Å². The molecule has 2 rings (SSSR count). The van der Waals surface area contributed by atoms with Crippen LogP contribution in [-0.2, 0) is 20.7 Å². The van der Waals surface area contributed by atoms with Crippen LogP contribution in [0.25, 0.3) is 0 Å². The number of ether oxygens (including phenoxy) is 1. The molecule has 0 saturated carbocycles. The summed E-state index contributed by atoms with van der Waals surface area (Å²) in [6.07, 6.45) is 2.34. The number of rotatable bonds is 7. The van der Waals surface area contributed by atoms with Crippen molar-refractivity contribution >= 4 is 11.8 Å². The van der Waals surface area contributed by atoms with E-state index in [9.17, 15) is 14.0 Å². The smallest absolute Gasteiger partial charge is 0.226 e. The fraction of sp³-hybridized carbons (Fsp3) is 0.556. The molecule has 1 N–H and O–H groups in total. The van der Waals surface area contributed by atoms with Gasteiger partial charge in [0.1, 0.15) is 5.82 Å². The Morgan fingerprint density at radius 3 is 2.75 bits per heavy atom. The number of hydrogen-bond acceptors (Lipinski definition) is 3. The molecule has 0 unspecified atom stereocenters. The fourth-order valence-electron chi connectivity index (χ4n) is 2.90. The lowest BCUT2D eigenvalue weighted by Crippen LogP contribution is -2.43. The van der Waals surface area contributed by atoms with Crippen molar-refractivity contribution in [1.29, 1.82) is 0 Å². The first kappa shape index (κ1) is 18.4. The van der Waals surface area contributed by atoms with Crippen molar-refractivity contribution in [1.82, 2.24) is 10.2 Å². The molecule has 0 atom stereocenters. The Morgan fingerprint density at radius 2 is 2.08 bits per heavy atom. The van der Waals surface area contributed by atoms with Crippen LogP contribution in [0.5, 0.6) is 0 Å². The summed E-state index contributed by atoms with van der Waals surface area (Å²) in [4.78, 5) is 26.1. The summed E-state index contributed by atoms with van der Waals surface area (Å²) in [5, 5.41) is 2.91. The molecule has 1 aromatic carbocycles. The molecule has 0 aromatic heterocycles. The van der Waals surface area contributed by atoms with Crippen LogP contribution in [0.4, 0.5) is 4.39 Å². The maximum Gasteiger partial charge on any atom is 0.226 e. The van der Waals surface area contributed by atoms with E-state index in [2.05, 4.69) is 5.32 Å². The number of piperidine rings is 1. The minimum atomic E-state index is -0.329. The number of likely N-dealkylation sites (tertiary alicyclic amines) is 1. The van der Waals surface area contributed by atoms with Crippen LogP contribution in [0.2, 0.25) is 0 Å². The van der Waals surface area contributed by atoms with Crippen LogP contribution in [0.1, 0.15) is 24.8 Å². The summed E-state index contributed by atoms with van der Waals surface area (Å²) in [5.74, 6) is -0.321. The highest BCUT2D eigenvalue weighted by atomic mass is 19.1. The molecule has 0 aliphatic carbocycles. The molecule has 1 aromatic rings. The lowest BCUT2D eigenvalue weighted by Gasteiger charge is -2.31. The second-order valence-corrected chi connectivity index (χ2v) is 6.10. The Balaban J connectivity index is 1.73. The number of nitrogens with one attached hydrogen (secondary N) is 1. The van der Waals surface area contributed by atoms with Gasteiger partial charge >= 0.3 is 0 Å². The van der Waals surface area contributed by atoms with E-state index < -0.39 is 0 Å². The van der Waals surface area contributed by atoms with Gasteiger partial charge in [0.05, 0.1) is 6.42 Å². The molecular formula is C18H25FN2O3. The van der Waals surface area contributed by atoms with Crippen molar-refractivity contribution in [3.63, 3.8) is 0 Å². The fourth-order valence-corrected chi connectivity index (χ4v) is 2.90. The van der Waals surface area contributed by atoms with Gasteiger partial charge < -0.3 is 15.0 Å². The van der Waals surface area contributed by atoms with Gasteiger partial charge in [-0.2, -0.15) is 0 Å².